The first-order valence-corrected chi connectivity index (χ1v) is 11.8. The standard InChI is InChI=1S/C24H28BrF2N3O4/c1-24(2,3)17-6-4-5-7-18(17)30(16-10-8-14(9-11-16)21(31)32)23(33)29-20-19(34-22(26)27)12-15(25)13-28-20/h4-7,12-14,16,22H,8-11H2,1-3H3,(H,31,32)(H,28,29,33). The average molecular weight is 540 g/mol. The zero-order valence-electron chi connectivity index (χ0n) is 19.2. The number of amides is 2. The smallest absolute Gasteiger partial charge is 0.387 e. The highest BCUT2D eigenvalue weighted by molar-refractivity contribution is 9.10. The molecule has 2 aromatic rings. The maximum Gasteiger partial charge on any atom is 0.387 e. The Kier molecular flexibility index (Phi) is 8.12. The molecule has 1 aromatic heterocycles. The van der Waals surface area contributed by atoms with Gasteiger partial charge in [-0.2, -0.15) is 8.78 Å². The first-order valence-electron chi connectivity index (χ1n) is 11.0. The summed E-state index contributed by atoms with van der Waals surface area (Å²) in [6.07, 6.45) is 3.25. The number of carbonyl (C=O) groups is 2. The zero-order valence-corrected chi connectivity index (χ0v) is 20.8. The monoisotopic (exact) mass is 539 g/mol. The van der Waals surface area contributed by atoms with Crippen molar-refractivity contribution >= 4 is 39.4 Å². The summed E-state index contributed by atoms with van der Waals surface area (Å²) in [6.45, 7) is 3.02. The zero-order chi connectivity index (χ0) is 25.0. The summed E-state index contributed by atoms with van der Waals surface area (Å²) in [5, 5.41) is 12.0. The number of urea groups is 1. The van der Waals surface area contributed by atoms with Gasteiger partial charge in [-0.25, -0.2) is 9.78 Å². The third-order valence-electron chi connectivity index (χ3n) is 5.86. The molecule has 0 atom stereocenters. The Labute approximate surface area is 205 Å². The SMILES string of the molecule is CC(C)(C)c1ccccc1N(C(=O)Nc1ncc(Br)cc1OC(F)F)C1CCC(C(=O)O)CC1. The van der Waals surface area contributed by atoms with E-state index in [1.54, 1.807) is 4.90 Å². The van der Waals surface area contributed by atoms with Gasteiger partial charge in [0.1, 0.15) is 0 Å². The second-order valence-corrected chi connectivity index (χ2v) is 10.2. The summed E-state index contributed by atoms with van der Waals surface area (Å²) in [6, 6.07) is 8.00. The quantitative estimate of drug-likeness (QED) is 0.441. The number of benzene rings is 1. The molecule has 3 rings (SSSR count). The van der Waals surface area contributed by atoms with Crippen LogP contribution < -0.4 is 15.0 Å². The fourth-order valence-electron chi connectivity index (χ4n) is 4.23. The van der Waals surface area contributed by atoms with Gasteiger partial charge in [0.15, 0.2) is 11.6 Å². The Morgan fingerprint density at radius 3 is 2.44 bits per heavy atom. The number of carbonyl (C=O) groups excluding carboxylic acids is 1. The van der Waals surface area contributed by atoms with Crippen molar-refractivity contribution in [2.24, 2.45) is 5.92 Å². The third-order valence-corrected chi connectivity index (χ3v) is 6.30. The van der Waals surface area contributed by atoms with Crippen LogP contribution in [0.2, 0.25) is 0 Å². The minimum absolute atomic E-state index is 0.133. The second-order valence-electron chi connectivity index (χ2n) is 9.29. The van der Waals surface area contributed by atoms with Crippen molar-refractivity contribution in [3.8, 4) is 5.75 Å². The van der Waals surface area contributed by atoms with Crippen LogP contribution in [0, 0.1) is 5.92 Å². The van der Waals surface area contributed by atoms with E-state index < -0.39 is 24.5 Å². The van der Waals surface area contributed by atoms with Gasteiger partial charge in [-0.1, -0.05) is 39.0 Å². The lowest BCUT2D eigenvalue weighted by atomic mass is 9.83. The van der Waals surface area contributed by atoms with E-state index in [0.717, 1.165) is 5.56 Å². The number of halogens is 3. The number of carboxylic acids is 1. The number of hydrogen-bond donors (Lipinski definition) is 2. The molecule has 0 spiro atoms. The number of rotatable bonds is 6. The molecule has 0 unspecified atom stereocenters. The Balaban J connectivity index is 1.99. The summed E-state index contributed by atoms with van der Waals surface area (Å²) < 4.78 is 30.8. The van der Waals surface area contributed by atoms with Gasteiger partial charge in [-0.05, 0) is 58.7 Å². The molecular weight excluding hydrogens is 512 g/mol. The highest BCUT2D eigenvalue weighted by Gasteiger charge is 2.35. The molecule has 0 bridgehead atoms. The Morgan fingerprint density at radius 2 is 1.85 bits per heavy atom. The van der Waals surface area contributed by atoms with Crippen molar-refractivity contribution in [1.82, 2.24) is 4.98 Å². The highest BCUT2D eigenvalue weighted by atomic mass is 79.9. The minimum atomic E-state index is -3.09. The first-order chi connectivity index (χ1) is 16.0. The first kappa shape index (κ1) is 25.9. The Morgan fingerprint density at radius 1 is 1.21 bits per heavy atom. The number of hydrogen-bond acceptors (Lipinski definition) is 4. The summed E-state index contributed by atoms with van der Waals surface area (Å²) in [7, 11) is 0. The summed E-state index contributed by atoms with van der Waals surface area (Å²) in [5.41, 5.74) is 1.32. The molecule has 0 saturated heterocycles. The van der Waals surface area contributed by atoms with E-state index in [4.69, 9.17) is 0 Å². The van der Waals surface area contributed by atoms with Crippen LogP contribution in [0.3, 0.4) is 0 Å². The summed E-state index contributed by atoms with van der Waals surface area (Å²) in [5.74, 6) is -1.68. The number of aromatic nitrogens is 1. The number of pyridine rings is 1. The third kappa shape index (κ3) is 6.22. The van der Waals surface area contributed by atoms with Gasteiger partial charge >= 0.3 is 18.6 Å². The molecule has 0 aliphatic heterocycles. The molecule has 184 valence electrons. The van der Waals surface area contributed by atoms with Crippen molar-refractivity contribution in [2.45, 2.75) is 64.5 Å². The lowest BCUT2D eigenvalue weighted by Crippen LogP contribution is -2.46. The Bertz CT molecular complexity index is 1040. The Hall–Kier alpha value is -2.75. The molecule has 1 aliphatic carbocycles. The van der Waals surface area contributed by atoms with Crippen molar-refractivity contribution in [3.63, 3.8) is 0 Å². The molecule has 10 heteroatoms. The van der Waals surface area contributed by atoms with Crippen LogP contribution in [-0.4, -0.2) is 34.7 Å². The van der Waals surface area contributed by atoms with Crippen LogP contribution in [0.25, 0.3) is 0 Å². The van der Waals surface area contributed by atoms with E-state index >= 15 is 0 Å². The lowest BCUT2D eigenvalue weighted by molar-refractivity contribution is -0.142. The molecule has 0 radical (unpaired) electrons. The van der Waals surface area contributed by atoms with Crippen LogP contribution in [0.15, 0.2) is 41.0 Å². The van der Waals surface area contributed by atoms with Crippen LogP contribution in [0.1, 0.15) is 52.0 Å². The van der Waals surface area contributed by atoms with Gasteiger partial charge in [0.05, 0.1) is 5.92 Å². The largest absolute Gasteiger partial charge is 0.481 e. The van der Waals surface area contributed by atoms with Crippen LogP contribution in [0.4, 0.5) is 25.1 Å². The van der Waals surface area contributed by atoms with Gasteiger partial charge in [0.2, 0.25) is 0 Å². The summed E-state index contributed by atoms with van der Waals surface area (Å²) >= 11 is 3.17. The minimum Gasteiger partial charge on any atom is -0.481 e. The molecule has 1 aromatic carbocycles. The molecule has 1 aliphatic rings. The number of ether oxygens (including phenoxy) is 1. The number of carboxylic acid groups (broad SMARTS) is 1. The number of anilines is 2. The molecule has 34 heavy (non-hydrogen) atoms. The predicted molar refractivity (Wildman–Crippen MR) is 129 cm³/mol. The molecule has 2 N–H and O–H groups in total. The highest BCUT2D eigenvalue weighted by Crippen LogP contribution is 2.38. The lowest BCUT2D eigenvalue weighted by Gasteiger charge is -2.38. The molecular formula is C24H28BrF2N3O4. The van der Waals surface area contributed by atoms with E-state index in [9.17, 15) is 23.5 Å². The van der Waals surface area contributed by atoms with E-state index in [1.807, 2.05) is 45.0 Å². The van der Waals surface area contributed by atoms with E-state index in [1.165, 1.54) is 12.3 Å². The van der Waals surface area contributed by atoms with Crippen molar-refractivity contribution in [1.29, 1.82) is 0 Å². The number of nitrogens with zero attached hydrogens (tertiary/aromatic N) is 2. The van der Waals surface area contributed by atoms with Gasteiger partial charge < -0.3 is 9.84 Å². The second kappa shape index (κ2) is 10.7. The number of para-hydroxylation sites is 1. The van der Waals surface area contributed by atoms with Crippen LogP contribution in [0.5, 0.6) is 5.75 Å². The van der Waals surface area contributed by atoms with Crippen molar-refractivity contribution in [3.05, 3.63) is 46.6 Å². The van der Waals surface area contributed by atoms with E-state index in [-0.39, 0.29) is 23.0 Å². The maximum atomic E-state index is 13.6. The molecule has 1 fully saturated rings. The van der Waals surface area contributed by atoms with Gasteiger partial charge in [-0.3, -0.25) is 15.0 Å². The fraction of sp³-hybridized carbons (Fsp3) is 0.458. The number of nitrogens with one attached hydrogen (secondary N) is 1. The van der Waals surface area contributed by atoms with Gasteiger partial charge in [0.25, 0.3) is 0 Å². The average Bonchev–Trinajstić information content (AvgIpc) is 2.75. The van der Waals surface area contributed by atoms with Crippen molar-refractivity contribution in [2.75, 3.05) is 10.2 Å². The maximum absolute atomic E-state index is 13.6. The molecule has 1 heterocycles. The van der Waals surface area contributed by atoms with E-state index in [2.05, 4.69) is 31.0 Å². The normalized spacial score (nSPS) is 18.4. The molecule has 7 nitrogen and oxygen atoms in total. The predicted octanol–water partition coefficient (Wildman–Crippen LogP) is 6.42. The van der Waals surface area contributed by atoms with Crippen molar-refractivity contribution < 1.29 is 28.2 Å². The van der Waals surface area contributed by atoms with Crippen LogP contribution in [-0.2, 0) is 10.2 Å². The topological polar surface area (TPSA) is 91.8 Å². The number of alkyl halides is 2. The molecule has 2 amide bonds. The van der Waals surface area contributed by atoms with E-state index in [0.29, 0.717) is 35.8 Å². The van der Waals surface area contributed by atoms with Crippen LogP contribution >= 0.6 is 15.9 Å². The molecule has 1 saturated carbocycles. The van der Waals surface area contributed by atoms with Gasteiger partial charge in [-0.15, -0.1) is 0 Å². The summed E-state index contributed by atoms with van der Waals surface area (Å²) in [4.78, 5) is 30.7. The number of aliphatic carboxylic acids is 1. The van der Waals surface area contributed by atoms with Gasteiger partial charge in [0, 0.05) is 28.5 Å². The fourth-order valence-corrected chi connectivity index (χ4v) is 4.54.